The fraction of sp³-hybridized carbons (Fsp3) is 0.250. The lowest BCUT2D eigenvalue weighted by molar-refractivity contribution is -0.0240. The molecule has 0 bridgehead atoms. The number of anilines is 1. The lowest BCUT2D eigenvalue weighted by Gasteiger charge is -2.33. The Bertz CT molecular complexity index is 857. The van der Waals surface area contributed by atoms with Crippen molar-refractivity contribution in [1.29, 1.82) is 0 Å². The summed E-state index contributed by atoms with van der Waals surface area (Å²) in [5, 5.41) is 3.62. The summed E-state index contributed by atoms with van der Waals surface area (Å²) in [7, 11) is 0. The molecule has 0 amide bonds. The zero-order valence-electron chi connectivity index (χ0n) is 16.0. The normalized spacial score (nSPS) is 17.4. The molecule has 3 aromatic rings. The molecule has 4 heteroatoms. The van der Waals surface area contributed by atoms with E-state index in [1.54, 1.807) is 11.8 Å². The second-order valence-electron chi connectivity index (χ2n) is 7.01. The molecule has 3 aromatic carbocycles. The van der Waals surface area contributed by atoms with Crippen LogP contribution in [-0.2, 0) is 11.3 Å². The topological polar surface area (TPSA) is 24.5 Å². The minimum atomic E-state index is 0.201. The third-order valence-corrected chi connectivity index (χ3v) is 5.93. The highest BCUT2D eigenvalue weighted by molar-refractivity contribution is 7.99. The molecule has 0 aromatic heterocycles. The Kier molecular flexibility index (Phi) is 6.66. The summed E-state index contributed by atoms with van der Waals surface area (Å²) in [4.78, 5) is 4.97. The van der Waals surface area contributed by atoms with E-state index in [-0.39, 0.29) is 6.10 Å². The van der Waals surface area contributed by atoms with Gasteiger partial charge < -0.3 is 10.1 Å². The van der Waals surface area contributed by atoms with Crippen LogP contribution >= 0.6 is 11.8 Å². The van der Waals surface area contributed by atoms with Crippen LogP contribution in [0, 0.1) is 0 Å². The standard InChI is InChI=1S/C24H26N2OS/c1-3-9-20(10-4-1)18-26-15-16-27-21(19-26)17-25-23-13-7-8-14-24(23)28-22-11-5-2-6-12-22/h1-14,21,25H,15-19H2. The summed E-state index contributed by atoms with van der Waals surface area (Å²) >= 11 is 1.79. The van der Waals surface area contributed by atoms with E-state index in [1.165, 1.54) is 21.0 Å². The SMILES string of the molecule is c1ccc(CN2CCOC(CNc3ccccc3Sc3ccccc3)C2)cc1. The Labute approximate surface area is 171 Å². The molecule has 1 fully saturated rings. The van der Waals surface area contributed by atoms with Crippen LogP contribution in [0.4, 0.5) is 5.69 Å². The van der Waals surface area contributed by atoms with Crippen LogP contribution in [0.25, 0.3) is 0 Å². The molecular weight excluding hydrogens is 364 g/mol. The number of rotatable bonds is 7. The molecule has 28 heavy (non-hydrogen) atoms. The average Bonchev–Trinajstić information content (AvgIpc) is 2.75. The van der Waals surface area contributed by atoms with Gasteiger partial charge in [-0.1, -0.05) is 72.4 Å². The molecule has 3 nitrogen and oxygen atoms in total. The lowest BCUT2D eigenvalue weighted by Crippen LogP contribution is -2.44. The Hall–Kier alpha value is -2.27. The first kappa shape index (κ1) is 19.1. The average molecular weight is 391 g/mol. The molecule has 144 valence electrons. The van der Waals surface area contributed by atoms with Gasteiger partial charge in [0.2, 0.25) is 0 Å². The second-order valence-corrected chi connectivity index (χ2v) is 8.12. The van der Waals surface area contributed by atoms with E-state index in [0.29, 0.717) is 0 Å². The van der Waals surface area contributed by atoms with Crippen LogP contribution < -0.4 is 5.32 Å². The third-order valence-electron chi connectivity index (χ3n) is 4.85. The lowest BCUT2D eigenvalue weighted by atomic mass is 10.2. The highest BCUT2D eigenvalue weighted by Crippen LogP contribution is 2.33. The zero-order chi connectivity index (χ0) is 19.0. The van der Waals surface area contributed by atoms with Crippen molar-refractivity contribution in [2.75, 3.05) is 31.6 Å². The molecular formula is C24H26N2OS. The number of ether oxygens (including phenoxy) is 1. The number of hydrogen-bond acceptors (Lipinski definition) is 4. The predicted molar refractivity (Wildman–Crippen MR) is 117 cm³/mol. The molecule has 0 spiro atoms. The molecule has 1 N–H and O–H groups in total. The first-order chi connectivity index (χ1) is 13.9. The van der Waals surface area contributed by atoms with Gasteiger partial charge in [-0.05, 0) is 29.8 Å². The monoisotopic (exact) mass is 390 g/mol. The Balaban J connectivity index is 1.34. The summed E-state index contributed by atoms with van der Waals surface area (Å²) in [5.74, 6) is 0. The van der Waals surface area contributed by atoms with Crippen molar-refractivity contribution in [3.8, 4) is 0 Å². The molecule has 0 aliphatic carbocycles. The van der Waals surface area contributed by atoms with E-state index >= 15 is 0 Å². The molecule has 4 rings (SSSR count). The Morgan fingerprint density at radius 3 is 2.43 bits per heavy atom. The summed E-state index contributed by atoms with van der Waals surface area (Å²) in [5.41, 5.74) is 2.53. The zero-order valence-corrected chi connectivity index (χ0v) is 16.8. The van der Waals surface area contributed by atoms with Gasteiger partial charge >= 0.3 is 0 Å². The molecule has 0 saturated carbocycles. The number of nitrogens with one attached hydrogen (secondary N) is 1. The van der Waals surface area contributed by atoms with Gasteiger partial charge in [0, 0.05) is 41.7 Å². The molecule has 1 heterocycles. The minimum absolute atomic E-state index is 0.201. The Morgan fingerprint density at radius 1 is 0.893 bits per heavy atom. The van der Waals surface area contributed by atoms with E-state index in [1.807, 2.05) is 0 Å². The first-order valence-corrected chi connectivity index (χ1v) is 10.6. The van der Waals surface area contributed by atoms with E-state index in [9.17, 15) is 0 Å². The summed E-state index contributed by atoms with van der Waals surface area (Å²) < 4.78 is 6.01. The highest BCUT2D eigenvalue weighted by Gasteiger charge is 2.20. The van der Waals surface area contributed by atoms with Gasteiger partial charge in [0.15, 0.2) is 0 Å². The smallest absolute Gasteiger partial charge is 0.0874 e. The van der Waals surface area contributed by atoms with Gasteiger partial charge in [-0.2, -0.15) is 0 Å². The summed E-state index contributed by atoms with van der Waals surface area (Å²) in [6, 6.07) is 29.7. The van der Waals surface area contributed by atoms with Gasteiger partial charge in [-0.25, -0.2) is 0 Å². The van der Waals surface area contributed by atoms with Crippen LogP contribution in [0.5, 0.6) is 0 Å². The van der Waals surface area contributed by atoms with Crippen molar-refractivity contribution in [2.45, 2.75) is 22.4 Å². The predicted octanol–water partition coefficient (Wildman–Crippen LogP) is 5.15. The maximum absolute atomic E-state index is 6.01. The summed E-state index contributed by atoms with van der Waals surface area (Å²) in [6.07, 6.45) is 0.201. The molecule has 1 aliphatic rings. The number of nitrogens with zero attached hydrogens (tertiary/aromatic N) is 1. The third kappa shape index (κ3) is 5.38. The van der Waals surface area contributed by atoms with Gasteiger partial charge in [-0.15, -0.1) is 0 Å². The second kappa shape index (κ2) is 9.78. The molecule has 1 unspecified atom stereocenters. The number of benzene rings is 3. The van der Waals surface area contributed by atoms with Crippen molar-refractivity contribution in [3.63, 3.8) is 0 Å². The van der Waals surface area contributed by atoms with Crippen LogP contribution in [0.1, 0.15) is 5.56 Å². The summed E-state index contributed by atoms with van der Waals surface area (Å²) in [6.45, 7) is 4.54. The fourth-order valence-corrected chi connectivity index (χ4v) is 4.37. The number of morpholine rings is 1. The Morgan fingerprint density at radius 2 is 1.61 bits per heavy atom. The van der Waals surface area contributed by atoms with Gasteiger partial charge in [0.1, 0.15) is 0 Å². The maximum Gasteiger partial charge on any atom is 0.0874 e. The van der Waals surface area contributed by atoms with Crippen molar-refractivity contribution in [3.05, 3.63) is 90.5 Å². The first-order valence-electron chi connectivity index (χ1n) is 9.80. The molecule has 1 atom stereocenters. The van der Waals surface area contributed by atoms with E-state index in [0.717, 1.165) is 32.8 Å². The van der Waals surface area contributed by atoms with Gasteiger partial charge in [0.05, 0.1) is 12.7 Å². The molecule has 1 aliphatic heterocycles. The van der Waals surface area contributed by atoms with Crippen molar-refractivity contribution in [1.82, 2.24) is 4.90 Å². The quantitative estimate of drug-likeness (QED) is 0.603. The number of para-hydroxylation sites is 1. The number of hydrogen-bond donors (Lipinski definition) is 1. The van der Waals surface area contributed by atoms with E-state index in [2.05, 4.69) is 95.1 Å². The van der Waals surface area contributed by atoms with Crippen molar-refractivity contribution >= 4 is 17.4 Å². The van der Waals surface area contributed by atoms with E-state index < -0.39 is 0 Å². The fourth-order valence-electron chi connectivity index (χ4n) is 3.43. The van der Waals surface area contributed by atoms with Crippen LogP contribution in [-0.4, -0.2) is 37.2 Å². The largest absolute Gasteiger partial charge is 0.381 e. The van der Waals surface area contributed by atoms with Crippen molar-refractivity contribution in [2.24, 2.45) is 0 Å². The van der Waals surface area contributed by atoms with Crippen LogP contribution in [0.15, 0.2) is 94.7 Å². The van der Waals surface area contributed by atoms with Crippen LogP contribution in [0.3, 0.4) is 0 Å². The van der Waals surface area contributed by atoms with E-state index in [4.69, 9.17) is 4.74 Å². The van der Waals surface area contributed by atoms with Crippen molar-refractivity contribution < 1.29 is 4.74 Å². The minimum Gasteiger partial charge on any atom is -0.381 e. The molecule has 0 radical (unpaired) electrons. The van der Waals surface area contributed by atoms with Gasteiger partial charge in [-0.3, -0.25) is 4.90 Å². The van der Waals surface area contributed by atoms with Gasteiger partial charge in [0.25, 0.3) is 0 Å². The highest BCUT2D eigenvalue weighted by atomic mass is 32.2. The molecule has 1 saturated heterocycles. The van der Waals surface area contributed by atoms with Crippen LogP contribution in [0.2, 0.25) is 0 Å². The maximum atomic E-state index is 6.01.